The molecule has 18 heavy (non-hydrogen) atoms. The number of nitrogens with one attached hydrogen (secondary N) is 3. The van der Waals surface area contributed by atoms with Crippen LogP contribution in [0.2, 0.25) is 0 Å². The number of aryl methyl sites for hydroxylation is 1. The van der Waals surface area contributed by atoms with E-state index in [9.17, 15) is 9.59 Å². The quantitative estimate of drug-likeness (QED) is 0.728. The van der Waals surface area contributed by atoms with Gasteiger partial charge in [0, 0.05) is 19.4 Å². The second kappa shape index (κ2) is 4.91. The highest BCUT2D eigenvalue weighted by molar-refractivity contribution is 5.92. The van der Waals surface area contributed by atoms with Crippen LogP contribution in [0.25, 0.3) is 0 Å². The molecule has 0 saturated carbocycles. The first-order valence-corrected chi connectivity index (χ1v) is 5.68. The molecule has 0 fully saturated rings. The highest BCUT2D eigenvalue weighted by atomic mass is 16.2. The van der Waals surface area contributed by atoms with Crippen molar-refractivity contribution in [3.8, 4) is 0 Å². The molecule has 2 rings (SSSR count). The summed E-state index contributed by atoms with van der Waals surface area (Å²) in [6.07, 6.45) is 3.77. The van der Waals surface area contributed by atoms with Crippen LogP contribution in [-0.4, -0.2) is 25.7 Å². The van der Waals surface area contributed by atoms with Crippen molar-refractivity contribution >= 4 is 5.91 Å². The fourth-order valence-electron chi connectivity index (χ4n) is 1.80. The molecule has 2 heterocycles. The molecule has 0 aliphatic rings. The fraction of sp³-hybridized carbons (Fsp3) is 0.364. The highest BCUT2D eigenvalue weighted by Gasteiger charge is 2.17. The Balaban J connectivity index is 2.14. The maximum Gasteiger partial charge on any atom is 0.323 e. The summed E-state index contributed by atoms with van der Waals surface area (Å²) in [7, 11) is 1.82. The third-order valence-electron chi connectivity index (χ3n) is 2.77. The van der Waals surface area contributed by atoms with Crippen LogP contribution in [0.4, 0.5) is 0 Å². The van der Waals surface area contributed by atoms with E-state index in [-0.39, 0.29) is 17.6 Å². The van der Waals surface area contributed by atoms with E-state index in [0.717, 1.165) is 12.1 Å². The number of carbonyl (C=O) groups excluding carboxylic acids is 1. The minimum Gasteiger partial charge on any atom is -0.342 e. The first kappa shape index (κ1) is 12.2. The van der Waals surface area contributed by atoms with Gasteiger partial charge in [-0.1, -0.05) is 6.92 Å². The number of imidazole rings is 1. The van der Waals surface area contributed by atoms with Crippen molar-refractivity contribution in [1.82, 2.24) is 25.1 Å². The average molecular weight is 249 g/mol. The van der Waals surface area contributed by atoms with Crippen molar-refractivity contribution in [3.05, 3.63) is 40.3 Å². The second-order valence-corrected chi connectivity index (χ2v) is 3.97. The molecule has 3 N–H and O–H groups in total. The predicted octanol–water partition coefficient (Wildman–Crippen LogP) is 0.318. The van der Waals surface area contributed by atoms with Crippen LogP contribution >= 0.6 is 0 Å². The molecule has 7 nitrogen and oxygen atoms in total. The Labute approximate surface area is 103 Å². The van der Waals surface area contributed by atoms with Gasteiger partial charge in [-0.3, -0.25) is 9.48 Å². The molecule has 0 aliphatic heterocycles. The van der Waals surface area contributed by atoms with Crippen molar-refractivity contribution in [2.45, 2.75) is 19.4 Å². The van der Waals surface area contributed by atoms with Gasteiger partial charge in [0.05, 0.1) is 11.7 Å². The third kappa shape index (κ3) is 2.34. The van der Waals surface area contributed by atoms with E-state index in [4.69, 9.17) is 0 Å². The monoisotopic (exact) mass is 249 g/mol. The summed E-state index contributed by atoms with van der Waals surface area (Å²) in [5, 5.41) is 6.92. The molecule has 96 valence electrons. The predicted molar refractivity (Wildman–Crippen MR) is 65.1 cm³/mol. The molecule has 1 atom stereocenters. The van der Waals surface area contributed by atoms with Crippen LogP contribution in [0.5, 0.6) is 0 Å². The number of carbonyl (C=O) groups is 1. The molecule has 2 aromatic rings. The summed E-state index contributed by atoms with van der Waals surface area (Å²) in [5.41, 5.74) is 0.748. The van der Waals surface area contributed by atoms with Crippen molar-refractivity contribution in [2.75, 3.05) is 0 Å². The zero-order chi connectivity index (χ0) is 13.1. The summed E-state index contributed by atoms with van der Waals surface area (Å²) in [6.45, 7) is 1.97. The lowest BCUT2D eigenvalue weighted by Crippen LogP contribution is -2.30. The topological polar surface area (TPSA) is 95.6 Å². The van der Waals surface area contributed by atoms with Crippen molar-refractivity contribution < 1.29 is 4.79 Å². The van der Waals surface area contributed by atoms with Gasteiger partial charge in [-0.2, -0.15) is 5.10 Å². The summed E-state index contributed by atoms with van der Waals surface area (Å²) >= 11 is 0. The van der Waals surface area contributed by atoms with Gasteiger partial charge in [0.2, 0.25) is 0 Å². The zero-order valence-electron chi connectivity index (χ0n) is 10.2. The fourth-order valence-corrected chi connectivity index (χ4v) is 1.80. The Morgan fingerprint density at radius 2 is 2.39 bits per heavy atom. The van der Waals surface area contributed by atoms with Gasteiger partial charge in [0.1, 0.15) is 5.69 Å². The molecule has 0 aromatic carbocycles. The smallest absolute Gasteiger partial charge is 0.323 e. The van der Waals surface area contributed by atoms with Crippen LogP contribution in [-0.2, 0) is 7.05 Å². The van der Waals surface area contributed by atoms with Crippen LogP contribution in [0.1, 0.15) is 35.6 Å². The Morgan fingerprint density at radius 3 is 2.89 bits per heavy atom. The Morgan fingerprint density at radius 1 is 1.61 bits per heavy atom. The number of H-pyrrole nitrogens is 2. The van der Waals surface area contributed by atoms with Gasteiger partial charge in [0.25, 0.3) is 5.91 Å². The van der Waals surface area contributed by atoms with E-state index in [1.807, 2.05) is 20.0 Å². The molecule has 0 aliphatic carbocycles. The van der Waals surface area contributed by atoms with Crippen LogP contribution in [0, 0.1) is 0 Å². The summed E-state index contributed by atoms with van der Waals surface area (Å²) < 4.78 is 1.72. The van der Waals surface area contributed by atoms with E-state index in [2.05, 4.69) is 20.4 Å². The van der Waals surface area contributed by atoms with Gasteiger partial charge in [-0.05, 0) is 12.5 Å². The van der Waals surface area contributed by atoms with Crippen molar-refractivity contribution in [1.29, 1.82) is 0 Å². The van der Waals surface area contributed by atoms with Crippen LogP contribution in [0.3, 0.4) is 0 Å². The Bertz CT molecular complexity index is 594. The number of aromatic nitrogens is 4. The number of aromatic amines is 2. The van der Waals surface area contributed by atoms with E-state index >= 15 is 0 Å². The minimum atomic E-state index is -0.395. The summed E-state index contributed by atoms with van der Waals surface area (Å²) in [6, 6.07) is 1.72. The van der Waals surface area contributed by atoms with Crippen LogP contribution < -0.4 is 11.0 Å². The normalized spacial score (nSPS) is 12.3. The first-order chi connectivity index (χ1) is 8.61. The lowest BCUT2D eigenvalue weighted by atomic mass is 10.1. The standard InChI is InChI=1S/C11H15N5O2/c1-3-7(9-4-5-13-16(9)2)14-10(17)8-6-12-11(18)15-8/h4-7H,3H2,1-2H3,(H,14,17)(H2,12,15,18). The average Bonchev–Trinajstić information content (AvgIpc) is 2.95. The van der Waals surface area contributed by atoms with Gasteiger partial charge in [-0.15, -0.1) is 0 Å². The summed E-state index contributed by atoms with van der Waals surface area (Å²) in [5.74, 6) is -0.318. The lowest BCUT2D eigenvalue weighted by molar-refractivity contribution is 0.0929. The number of rotatable bonds is 4. The zero-order valence-corrected chi connectivity index (χ0v) is 10.2. The second-order valence-electron chi connectivity index (χ2n) is 3.97. The maximum atomic E-state index is 11.9. The van der Waals surface area contributed by atoms with Crippen LogP contribution in [0.15, 0.2) is 23.3 Å². The molecule has 7 heteroatoms. The van der Waals surface area contributed by atoms with E-state index in [0.29, 0.717) is 0 Å². The molecule has 1 unspecified atom stereocenters. The number of nitrogens with zero attached hydrogens (tertiary/aromatic N) is 2. The first-order valence-electron chi connectivity index (χ1n) is 5.68. The Kier molecular flexibility index (Phi) is 3.31. The SMILES string of the molecule is CCC(NC(=O)c1c[nH]c(=O)[nH]1)c1ccnn1C. The molecule has 0 spiro atoms. The van der Waals surface area contributed by atoms with E-state index in [1.165, 1.54) is 6.20 Å². The Hall–Kier alpha value is -2.31. The van der Waals surface area contributed by atoms with Crippen molar-refractivity contribution in [3.63, 3.8) is 0 Å². The number of hydrogen-bond acceptors (Lipinski definition) is 3. The van der Waals surface area contributed by atoms with Crippen molar-refractivity contribution in [2.24, 2.45) is 7.05 Å². The van der Waals surface area contributed by atoms with Gasteiger partial charge < -0.3 is 15.3 Å². The molecular formula is C11H15N5O2. The molecule has 0 saturated heterocycles. The van der Waals surface area contributed by atoms with E-state index in [1.54, 1.807) is 10.9 Å². The van der Waals surface area contributed by atoms with Gasteiger partial charge >= 0.3 is 5.69 Å². The molecule has 2 aromatic heterocycles. The van der Waals surface area contributed by atoms with E-state index < -0.39 is 5.69 Å². The maximum absolute atomic E-state index is 11.9. The number of amides is 1. The molecule has 1 amide bonds. The minimum absolute atomic E-state index is 0.136. The van der Waals surface area contributed by atoms with Gasteiger partial charge in [0.15, 0.2) is 0 Å². The lowest BCUT2D eigenvalue weighted by Gasteiger charge is -2.16. The summed E-state index contributed by atoms with van der Waals surface area (Å²) in [4.78, 5) is 27.6. The largest absolute Gasteiger partial charge is 0.342 e. The molecule has 0 radical (unpaired) electrons. The van der Waals surface area contributed by atoms with Gasteiger partial charge in [-0.25, -0.2) is 4.79 Å². The highest BCUT2D eigenvalue weighted by Crippen LogP contribution is 2.15. The third-order valence-corrected chi connectivity index (χ3v) is 2.77. The molecular weight excluding hydrogens is 234 g/mol. The molecule has 0 bridgehead atoms. The number of hydrogen-bond donors (Lipinski definition) is 3.